The van der Waals surface area contributed by atoms with Crippen LogP contribution in [0.15, 0.2) is 24.3 Å². The SMILES string of the molecule is O=C1Nc2ccccc2C(=O)N2CS(=O)CC12. The van der Waals surface area contributed by atoms with Gasteiger partial charge in [0.2, 0.25) is 5.91 Å². The number of rotatable bonds is 0. The molecular formula is C11H10N2O3S. The molecule has 1 aromatic carbocycles. The number of benzene rings is 1. The van der Waals surface area contributed by atoms with E-state index in [1.165, 1.54) is 4.90 Å². The van der Waals surface area contributed by atoms with Crippen LogP contribution in [-0.4, -0.2) is 38.6 Å². The van der Waals surface area contributed by atoms with Gasteiger partial charge in [-0.15, -0.1) is 0 Å². The maximum absolute atomic E-state index is 12.2. The first-order valence-electron chi connectivity index (χ1n) is 5.22. The number of anilines is 1. The summed E-state index contributed by atoms with van der Waals surface area (Å²) < 4.78 is 11.5. The Labute approximate surface area is 100 Å². The number of carbonyl (C=O) groups excluding carboxylic acids is 2. The Balaban J connectivity index is 2.11. The van der Waals surface area contributed by atoms with E-state index in [0.29, 0.717) is 11.3 Å². The van der Waals surface area contributed by atoms with E-state index >= 15 is 0 Å². The van der Waals surface area contributed by atoms with E-state index < -0.39 is 16.8 Å². The predicted molar refractivity (Wildman–Crippen MR) is 62.9 cm³/mol. The molecule has 1 aromatic rings. The van der Waals surface area contributed by atoms with Crippen molar-refractivity contribution in [1.29, 1.82) is 0 Å². The minimum atomic E-state index is -1.12. The Morgan fingerprint density at radius 3 is 2.88 bits per heavy atom. The molecule has 0 bridgehead atoms. The van der Waals surface area contributed by atoms with Crippen LogP contribution in [0.1, 0.15) is 10.4 Å². The Kier molecular flexibility index (Phi) is 2.25. The number of fused-ring (bicyclic) bond motifs is 2. The predicted octanol–water partition coefficient (Wildman–Crippen LogP) is 0.169. The first kappa shape index (κ1) is 10.5. The Hall–Kier alpha value is -1.69. The molecule has 0 radical (unpaired) electrons. The molecule has 1 saturated heterocycles. The molecule has 1 fully saturated rings. The van der Waals surface area contributed by atoms with Gasteiger partial charge in [0.25, 0.3) is 5.91 Å². The van der Waals surface area contributed by atoms with Crippen LogP contribution in [0.2, 0.25) is 0 Å². The molecule has 2 atom stereocenters. The average molecular weight is 250 g/mol. The largest absolute Gasteiger partial charge is 0.324 e. The third-order valence-electron chi connectivity index (χ3n) is 2.98. The summed E-state index contributed by atoms with van der Waals surface area (Å²) in [6.07, 6.45) is 0. The Morgan fingerprint density at radius 2 is 2.06 bits per heavy atom. The molecule has 17 heavy (non-hydrogen) atoms. The Bertz CT molecular complexity index is 543. The van der Waals surface area contributed by atoms with Gasteiger partial charge in [-0.05, 0) is 12.1 Å². The first-order chi connectivity index (χ1) is 8.16. The highest BCUT2D eigenvalue weighted by Crippen LogP contribution is 2.26. The van der Waals surface area contributed by atoms with E-state index in [2.05, 4.69) is 5.32 Å². The molecule has 2 amide bonds. The summed E-state index contributed by atoms with van der Waals surface area (Å²) in [5, 5.41) is 2.71. The van der Waals surface area contributed by atoms with Gasteiger partial charge in [-0.25, -0.2) is 0 Å². The first-order valence-corrected chi connectivity index (χ1v) is 6.71. The number of para-hydroxylation sites is 1. The molecule has 6 heteroatoms. The zero-order valence-electron chi connectivity index (χ0n) is 8.88. The van der Waals surface area contributed by atoms with Gasteiger partial charge in [0.1, 0.15) is 6.04 Å². The second kappa shape index (κ2) is 3.66. The third-order valence-corrected chi connectivity index (χ3v) is 4.24. The molecule has 2 aliphatic heterocycles. The Morgan fingerprint density at radius 1 is 1.29 bits per heavy atom. The fourth-order valence-corrected chi connectivity index (χ4v) is 3.53. The van der Waals surface area contributed by atoms with Crippen molar-refractivity contribution in [3.05, 3.63) is 29.8 Å². The summed E-state index contributed by atoms with van der Waals surface area (Å²) in [6.45, 7) is 0. The van der Waals surface area contributed by atoms with Crippen molar-refractivity contribution in [2.45, 2.75) is 6.04 Å². The maximum atomic E-state index is 12.2. The van der Waals surface area contributed by atoms with Gasteiger partial charge in [-0.2, -0.15) is 0 Å². The lowest BCUT2D eigenvalue weighted by Gasteiger charge is -2.18. The van der Waals surface area contributed by atoms with Crippen LogP contribution in [0.25, 0.3) is 0 Å². The van der Waals surface area contributed by atoms with Crippen molar-refractivity contribution in [3.63, 3.8) is 0 Å². The minimum Gasteiger partial charge on any atom is -0.324 e. The van der Waals surface area contributed by atoms with Crippen LogP contribution in [0.4, 0.5) is 5.69 Å². The van der Waals surface area contributed by atoms with Gasteiger partial charge >= 0.3 is 0 Å². The van der Waals surface area contributed by atoms with Crippen LogP contribution in [0.5, 0.6) is 0 Å². The summed E-state index contributed by atoms with van der Waals surface area (Å²) in [6, 6.07) is 6.28. The second-order valence-corrected chi connectivity index (χ2v) is 5.53. The fourth-order valence-electron chi connectivity index (χ4n) is 2.13. The van der Waals surface area contributed by atoms with E-state index in [9.17, 15) is 13.8 Å². The molecule has 0 aliphatic carbocycles. The van der Waals surface area contributed by atoms with Crippen LogP contribution in [0.3, 0.4) is 0 Å². The third kappa shape index (κ3) is 1.56. The topological polar surface area (TPSA) is 66.5 Å². The molecule has 0 spiro atoms. The van der Waals surface area contributed by atoms with E-state index in [1.807, 2.05) is 0 Å². The van der Waals surface area contributed by atoms with E-state index in [-0.39, 0.29) is 23.4 Å². The highest BCUT2D eigenvalue weighted by Gasteiger charge is 2.41. The second-order valence-electron chi connectivity index (χ2n) is 4.06. The van der Waals surface area contributed by atoms with Gasteiger partial charge in [0.05, 0.1) is 22.9 Å². The average Bonchev–Trinajstić information content (AvgIpc) is 2.67. The molecule has 0 aromatic heterocycles. The fraction of sp³-hybridized carbons (Fsp3) is 0.273. The lowest BCUT2D eigenvalue weighted by molar-refractivity contribution is -0.119. The lowest BCUT2D eigenvalue weighted by Crippen LogP contribution is -2.41. The molecular weight excluding hydrogens is 240 g/mol. The van der Waals surface area contributed by atoms with Crippen LogP contribution < -0.4 is 5.32 Å². The number of nitrogens with zero attached hydrogens (tertiary/aromatic N) is 1. The van der Waals surface area contributed by atoms with Gasteiger partial charge in [0, 0.05) is 10.8 Å². The van der Waals surface area contributed by atoms with Crippen LogP contribution >= 0.6 is 0 Å². The van der Waals surface area contributed by atoms with Crippen molar-refractivity contribution in [2.24, 2.45) is 0 Å². The van der Waals surface area contributed by atoms with Gasteiger partial charge < -0.3 is 10.2 Å². The minimum absolute atomic E-state index is 0.144. The molecule has 2 unspecified atom stereocenters. The van der Waals surface area contributed by atoms with Crippen molar-refractivity contribution in [1.82, 2.24) is 4.90 Å². The molecule has 1 N–H and O–H groups in total. The quantitative estimate of drug-likeness (QED) is 0.713. The van der Waals surface area contributed by atoms with Gasteiger partial charge in [-0.1, -0.05) is 12.1 Å². The number of carbonyl (C=O) groups is 2. The molecule has 0 saturated carbocycles. The molecule has 2 aliphatic rings. The summed E-state index contributed by atoms with van der Waals surface area (Å²) in [4.78, 5) is 25.5. The number of amides is 2. The van der Waals surface area contributed by atoms with Crippen LogP contribution in [0, 0.1) is 0 Å². The molecule has 3 rings (SSSR count). The molecule has 88 valence electrons. The smallest absolute Gasteiger partial charge is 0.257 e. The number of nitrogens with one attached hydrogen (secondary N) is 1. The normalized spacial score (nSPS) is 27.2. The summed E-state index contributed by atoms with van der Waals surface area (Å²) in [5.74, 6) is -0.111. The maximum Gasteiger partial charge on any atom is 0.257 e. The van der Waals surface area contributed by atoms with Crippen molar-refractivity contribution in [2.75, 3.05) is 16.9 Å². The monoisotopic (exact) mass is 250 g/mol. The zero-order valence-corrected chi connectivity index (χ0v) is 9.70. The zero-order chi connectivity index (χ0) is 12.0. The van der Waals surface area contributed by atoms with Crippen molar-refractivity contribution >= 4 is 28.3 Å². The van der Waals surface area contributed by atoms with Crippen molar-refractivity contribution < 1.29 is 13.8 Å². The summed E-state index contributed by atoms with van der Waals surface area (Å²) in [7, 11) is -1.12. The van der Waals surface area contributed by atoms with E-state index in [0.717, 1.165) is 0 Å². The van der Waals surface area contributed by atoms with Crippen molar-refractivity contribution in [3.8, 4) is 0 Å². The highest BCUT2D eigenvalue weighted by atomic mass is 32.2. The summed E-state index contributed by atoms with van der Waals surface area (Å²) >= 11 is 0. The van der Waals surface area contributed by atoms with E-state index in [4.69, 9.17) is 0 Å². The number of hydrogen-bond donors (Lipinski definition) is 1. The highest BCUT2D eigenvalue weighted by molar-refractivity contribution is 7.85. The number of hydrogen-bond acceptors (Lipinski definition) is 3. The standard InChI is InChI=1S/C11H10N2O3S/c14-10-9-5-17(16)6-13(9)11(15)7-3-1-2-4-8(7)12-10/h1-4,9H,5-6H2,(H,12,14). The van der Waals surface area contributed by atoms with Gasteiger partial charge in [0.15, 0.2) is 0 Å². The molecule has 5 nitrogen and oxygen atoms in total. The lowest BCUT2D eigenvalue weighted by atomic mass is 10.1. The van der Waals surface area contributed by atoms with Crippen LogP contribution in [-0.2, 0) is 15.6 Å². The summed E-state index contributed by atoms with van der Waals surface area (Å²) in [5.41, 5.74) is 0.991. The van der Waals surface area contributed by atoms with Gasteiger partial charge in [-0.3, -0.25) is 13.8 Å². The van der Waals surface area contributed by atoms with E-state index in [1.54, 1.807) is 24.3 Å². The molecule has 2 heterocycles.